The molecule has 0 radical (unpaired) electrons. The van der Waals surface area contributed by atoms with Crippen LogP contribution in [-0.2, 0) is 4.79 Å². The molecule has 1 aliphatic heterocycles. The van der Waals surface area contributed by atoms with Crippen molar-refractivity contribution in [2.45, 2.75) is 45.1 Å². The number of allylic oxidation sites excluding steroid dienone is 2. The molecule has 17 heavy (non-hydrogen) atoms. The molecule has 5 heteroatoms. The fraction of sp³-hybridized carbons (Fsp3) is 0.667. The Morgan fingerprint density at radius 2 is 2.29 bits per heavy atom. The number of aliphatic imine (C=N–C) groups is 1. The number of rotatable bonds is 4. The van der Waals surface area contributed by atoms with E-state index in [0.717, 1.165) is 0 Å². The van der Waals surface area contributed by atoms with Gasteiger partial charge in [0, 0.05) is 19.9 Å². The summed E-state index contributed by atoms with van der Waals surface area (Å²) < 4.78 is 27.2. The summed E-state index contributed by atoms with van der Waals surface area (Å²) in [5.41, 5.74) is 0.285. The zero-order valence-electron chi connectivity index (χ0n) is 10.4. The molecule has 0 aromatic heterocycles. The zero-order chi connectivity index (χ0) is 13.1. The number of alkyl halides is 2. The SMILES string of the molecule is C/C=C(\C=O)N=C1CC[C@H](C(F)(F)CC)N1C. The highest BCUT2D eigenvalue weighted by molar-refractivity contribution is 5.89. The molecule has 1 aliphatic rings. The van der Waals surface area contributed by atoms with Gasteiger partial charge in [-0.25, -0.2) is 13.8 Å². The van der Waals surface area contributed by atoms with Crippen molar-refractivity contribution in [1.29, 1.82) is 0 Å². The highest BCUT2D eigenvalue weighted by Crippen LogP contribution is 2.34. The first-order valence-corrected chi connectivity index (χ1v) is 5.76. The van der Waals surface area contributed by atoms with Crippen LogP contribution in [0.3, 0.4) is 0 Å². The minimum absolute atomic E-state index is 0.181. The molecular weight excluding hydrogens is 226 g/mol. The van der Waals surface area contributed by atoms with Gasteiger partial charge in [-0.15, -0.1) is 0 Å². The third kappa shape index (κ3) is 2.90. The summed E-state index contributed by atoms with van der Waals surface area (Å²) in [5.74, 6) is -2.15. The van der Waals surface area contributed by atoms with Crippen molar-refractivity contribution in [3.63, 3.8) is 0 Å². The van der Waals surface area contributed by atoms with Gasteiger partial charge in [0.25, 0.3) is 5.92 Å². The van der Waals surface area contributed by atoms with Gasteiger partial charge in [0.05, 0.1) is 6.04 Å². The van der Waals surface area contributed by atoms with E-state index in [4.69, 9.17) is 0 Å². The van der Waals surface area contributed by atoms with Crippen LogP contribution in [0.25, 0.3) is 0 Å². The molecular formula is C12H18F2N2O. The maximum absolute atomic E-state index is 13.6. The molecule has 0 N–H and O–H groups in total. The Balaban J connectivity index is 2.87. The van der Waals surface area contributed by atoms with Crippen LogP contribution in [0, 0.1) is 0 Å². The number of likely N-dealkylation sites (tertiary alicyclic amines) is 1. The van der Waals surface area contributed by atoms with E-state index >= 15 is 0 Å². The monoisotopic (exact) mass is 244 g/mol. The molecule has 0 spiro atoms. The minimum atomic E-state index is -2.71. The standard InChI is InChI=1S/C12H18F2N2O/c1-4-9(8-17)15-11-7-6-10(16(11)3)12(13,14)5-2/h4,8,10H,5-7H2,1-3H3/b9-4+,15-11?/t10-/m1/s1. The lowest BCUT2D eigenvalue weighted by Crippen LogP contribution is -2.42. The van der Waals surface area contributed by atoms with Crippen LogP contribution >= 0.6 is 0 Å². The molecule has 1 rings (SSSR count). The first-order chi connectivity index (χ1) is 7.96. The third-order valence-electron chi connectivity index (χ3n) is 3.15. The summed E-state index contributed by atoms with van der Waals surface area (Å²) in [4.78, 5) is 16.2. The van der Waals surface area contributed by atoms with Gasteiger partial charge in [0.2, 0.25) is 0 Å². The van der Waals surface area contributed by atoms with Crippen LogP contribution < -0.4 is 0 Å². The van der Waals surface area contributed by atoms with Gasteiger partial charge in [-0.2, -0.15) is 0 Å². The highest BCUT2D eigenvalue weighted by Gasteiger charge is 2.44. The predicted molar refractivity (Wildman–Crippen MR) is 63.3 cm³/mol. The summed E-state index contributed by atoms with van der Waals surface area (Å²) in [6.07, 6.45) is 2.89. The third-order valence-corrected chi connectivity index (χ3v) is 3.15. The molecule has 0 bridgehead atoms. The number of amidine groups is 1. The first kappa shape index (κ1) is 13.8. The van der Waals surface area contributed by atoms with E-state index in [1.165, 1.54) is 11.8 Å². The van der Waals surface area contributed by atoms with Crippen LogP contribution in [0.5, 0.6) is 0 Å². The molecule has 0 saturated carbocycles. The van der Waals surface area contributed by atoms with Crippen molar-refractivity contribution in [2.75, 3.05) is 7.05 Å². The molecule has 0 unspecified atom stereocenters. The number of hydrogen-bond donors (Lipinski definition) is 0. The maximum Gasteiger partial charge on any atom is 0.267 e. The molecule has 0 aromatic carbocycles. The smallest absolute Gasteiger partial charge is 0.267 e. The molecule has 0 aliphatic carbocycles. The Kier molecular flexibility index (Phi) is 4.37. The van der Waals surface area contributed by atoms with E-state index < -0.39 is 12.0 Å². The van der Waals surface area contributed by atoms with Crippen molar-refractivity contribution < 1.29 is 13.6 Å². The Labute approximate surface area is 100 Å². The average molecular weight is 244 g/mol. The van der Waals surface area contributed by atoms with E-state index in [-0.39, 0.29) is 12.1 Å². The first-order valence-electron chi connectivity index (χ1n) is 5.76. The molecule has 1 fully saturated rings. The molecule has 96 valence electrons. The zero-order valence-corrected chi connectivity index (χ0v) is 10.4. The van der Waals surface area contributed by atoms with Crippen LogP contribution in [0.1, 0.15) is 33.1 Å². The summed E-state index contributed by atoms with van der Waals surface area (Å²) >= 11 is 0. The molecule has 1 saturated heterocycles. The Hall–Kier alpha value is -1.26. The van der Waals surface area contributed by atoms with E-state index in [9.17, 15) is 13.6 Å². The summed E-state index contributed by atoms with van der Waals surface area (Å²) in [7, 11) is 1.61. The fourth-order valence-corrected chi connectivity index (χ4v) is 1.99. The van der Waals surface area contributed by atoms with Crippen molar-refractivity contribution in [3.05, 3.63) is 11.8 Å². The summed E-state index contributed by atoms with van der Waals surface area (Å²) in [6, 6.07) is -0.809. The average Bonchev–Trinajstić information content (AvgIpc) is 2.68. The number of halogens is 2. The van der Waals surface area contributed by atoms with Crippen molar-refractivity contribution in [1.82, 2.24) is 4.90 Å². The second-order valence-corrected chi connectivity index (χ2v) is 4.14. The Morgan fingerprint density at radius 1 is 1.65 bits per heavy atom. The molecule has 1 atom stereocenters. The van der Waals surface area contributed by atoms with Gasteiger partial charge in [-0.05, 0) is 13.3 Å². The summed E-state index contributed by atoms with van der Waals surface area (Å²) in [5, 5.41) is 0. The predicted octanol–water partition coefficient (Wildman–Crippen LogP) is 2.63. The van der Waals surface area contributed by atoms with E-state index in [2.05, 4.69) is 4.99 Å². The lowest BCUT2D eigenvalue weighted by atomic mass is 10.1. The lowest BCUT2D eigenvalue weighted by molar-refractivity contribution is -0.104. The second kappa shape index (κ2) is 5.38. The van der Waals surface area contributed by atoms with E-state index in [1.807, 2.05) is 0 Å². The van der Waals surface area contributed by atoms with Crippen molar-refractivity contribution in [3.8, 4) is 0 Å². The number of hydrogen-bond acceptors (Lipinski definition) is 2. The quantitative estimate of drug-likeness (QED) is 0.562. The Morgan fingerprint density at radius 3 is 2.76 bits per heavy atom. The van der Waals surface area contributed by atoms with Crippen molar-refractivity contribution in [2.24, 2.45) is 4.99 Å². The van der Waals surface area contributed by atoms with Crippen LogP contribution in [0.4, 0.5) is 8.78 Å². The van der Waals surface area contributed by atoms with E-state index in [1.54, 1.807) is 20.0 Å². The van der Waals surface area contributed by atoms with Gasteiger partial charge in [0.1, 0.15) is 11.5 Å². The molecule has 0 amide bonds. The van der Waals surface area contributed by atoms with Crippen LogP contribution in [0.2, 0.25) is 0 Å². The number of carbonyl (C=O) groups is 1. The number of carbonyl (C=O) groups excluding carboxylic acids is 1. The van der Waals surface area contributed by atoms with Gasteiger partial charge in [-0.3, -0.25) is 4.79 Å². The fourth-order valence-electron chi connectivity index (χ4n) is 1.99. The largest absolute Gasteiger partial charge is 0.354 e. The number of aldehydes is 1. The normalized spacial score (nSPS) is 24.5. The van der Waals surface area contributed by atoms with E-state index in [0.29, 0.717) is 25.0 Å². The van der Waals surface area contributed by atoms with Gasteiger partial charge in [0.15, 0.2) is 6.29 Å². The van der Waals surface area contributed by atoms with Gasteiger partial charge >= 0.3 is 0 Å². The second-order valence-electron chi connectivity index (χ2n) is 4.14. The lowest BCUT2D eigenvalue weighted by Gasteiger charge is -2.29. The molecule has 0 aromatic rings. The van der Waals surface area contributed by atoms with Gasteiger partial charge < -0.3 is 4.90 Å². The summed E-state index contributed by atoms with van der Waals surface area (Å²) in [6.45, 7) is 3.17. The van der Waals surface area contributed by atoms with Crippen LogP contribution in [-0.4, -0.2) is 36.0 Å². The van der Waals surface area contributed by atoms with Gasteiger partial charge in [-0.1, -0.05) is 13.0 Å². The molecule has 3 nitrogen and oxygen atoms in total. The maximum atomic E-state index is 13.6. The Bertz CT molecular complexity index is 350. The van der Waals surface area contributed by atoms with Crippen molar-refractivity contribution >= 4 is 12.1 Å². The van der Waals surface area contributed by atoms with Crippen LogP contribution in [0.15, 0.2) is 16.8 Å². The number of nitrogens with zero attached hydrogens (tertiary/aromatic N) is 2. The highest BCUT2D eigenvalue weighted by atomic mass is 19.3. The minimum Gasteiger partial charge on any atom is -0.354 e. The topological polar surface area (TPSA) is 32.7 Å². The molecule has 1 heterocycles.